The molecule has 2 heterocycles. The van der Waals surface area contributed by atoms with E-state index in [0.717, 1.165) is 17.1 Å². The monoisotopic (exact) mass is 251 g/mol. The zero-order valence-electron chi connectivity index (χ0n) is 8.98. The summed E-state index contributed by atoms with van der Waals surface area (Å²) in [6.07, 6.45) is 1.66. The van der Waals surface area contributed by atoms with E-state index in [1.165, 1.54) is 0 Å². The van der Waals surface area contributed by atoms with E-state index in [0.29, 0.717) is 24.9 Å². The van der Waals surface area contributed by atoms with Crippen LogP contribution in [0.15, 0.2) is 28.8 Å². The molecule has 0 saturated carbocycles. The molecule has 0 unspecified atom stereocenters. The van der Waals surface area contributed by atoms with Crippen molar-refractivity contribution in [2.75, 3.05) is 13.2 Å². The normalized spacial score (nSPS) is 13.7. The van der Waals surface area contributed by atoms with Crippen LogP contribution < -0.4 is 9.47 Å². The molecular formula is C12H10ClNO3. The Balaban J connectivity index is 1.97. The first-order chi connectivity index (χ1) is 8.36. The number of nitrogens with zero attached hydrogens (tertiary/aromatic N) is 1. The highest BCUT2D eigenvalue weighted by atomic mass is 35.5. The molecule has 5 heteroatoms. The van der Waals surface area contributed by atoms with Crippen LogP contribution in [0.4, 0.5) is 0 Å². The Morgan fingerprint density at radius 3 is 2.76 bits per heavy atom. The molecule has 0 fully saturated rings. The number of alkyl halides is 1. The number of hydrogen-bond donors (Lipinski definition) is 0. The molecule has 3 rings (SSSR count). The molecule has 1 aromatic carbocycles. The predicted octanol–water partition coefficient (Wildman–Crippen LogP) is 2.85. The first kappa shape index (κ1) is 10.5. The lowest BCUT2D eigenvalue weighted by molar-refractivity contribution is 0.171. The van der Waals surface area contributed by atoms with Crippen molar-refractivity contribution in [2.45, 2.75) is 5.88 Å². The maximum absolute atomic E-state index is 5.64. The van der Waals surface area contributed by atoms with Gasteiger partial charge in [-0.2, -0.15) is 0 Å². The first-order valence-corrected chi connectivity index (χ1v) is 5.81. The average Bonchev–Trinajstić information content (AvgIpc) is 2.87. The summed E-state index contributed by atoms with van der Waals surface area (Å²) < 4.78 is 16.4. The Bertz CT molecular complexity index is 538. The van der Waals surface area contributed by atoms with Gasteiger partial charge in [0.1, 0.15) is 13.2 Å². The molecule has 4 nitrogen and oxygen atoms in total. The van der Waals surface area contributed by atoms with Gasteiger partial charge in [-0.25, -0.2) is 4.98 Å². The third-order valence-electron chi connectivity index (χ3n) is 2.49. The van der Waals surface area contributed by atoms with Crippen LogP contribution in [0.25, 0.3) is 11.3 Å². The van der Waals surface area contributed by atoms with Gasteiger partial charge in [0.2, 0.25) is 5.89 Å². The van der Waals surface area contributed by atoms with E-state index >= 15 is 0 Å². The van der Waals surface area contributed by atoms with Crippen molar-refractivity contribution < 1.29 is 13.9 Å². The standard InChI is InChI=1S/C12H10ClNO3/c13-6-12-14-7-11(17-12)8-1-2-9-10(5-8)16-4-3-15-9/h1-2,5,7H,3-4,6H2. The van der Waals surface area contributed by atoms with Gasteiger partial charge in [-0.3, -0.25) is 0 Å². The molecule has 1 aliphatic rings. The fourth-order valence-electron chi connectivity index (χ4n) is 1.70. The zero-order valence-corrected chi connectivity index (χ0v) is 9.74. The largest absolute Gasteiger partial charge is 0.486 e. The molecule has 0 spiro atoms. The van der Waals surface area contributed by atoms with Crippen LogP contribution in [0.5, 0.6) is 11.5 Å². The first-order valence-electron chi connectivity index (χ1n) is 5.27. The topological polar surface area (TPSA) is 44.5 Å². The van der Waals surface area contributed by atoms with Crippen LogP contribution in [0.2, 0.25) is 0 Å². The minimum absolute atomic E-state index is 0.268. The lowest BCUT2D eigenvalue weighted by atomic mass is 10.1. The number of halogens is 1. The Labute approximate surface area is 103 Å². The third kappa shape index (κ3) is 1.96. The van der Waals surface area contributed by atoms with E-state index in [4.69, 9.17) is 25.5 Å². The van der Waals surface area contributed by atoms with Gasteiger partial charge >= 0.3 is 0 Å². The van der Waals surface area contributed by atoms with Gasteiger partial charge in [0.25, 0.3) is 0 Å². The molecule has 0 amide bonds. The third-order valence-corrected chi connectivity index (χ3v) is 2.72. The number of oxazole rings is 1. The molecule has 1 aromatic heterocycles. The van der Waals surface area contributed by atoms with Crippen LogP contribution in [-0.4, -0.2) is 18.2 Å². The van der Waals surface area contributed by atoms with Crippen molar-refractivity contribution in [3.63, 3.8) is 0 Å². The van der Waals surface area contributed by atoms with Gasteiger partial charge in [-0.15, -0.1) is 11.6 Å². The molecule has 0 aliphatic carbocycles. The number of rotatable bonds is 2. The molecule has 0 N–H and O–H groups in total. The summed E-state index contributed by atoms with van der Waals surface area (Å²) in [6, 6.07) is 5.66. The quantitative estimate of drug-likeness (QED) is 0.770. The summed E-state index contributed by atoms with van der Waals surface area (Å²) in [5, 5.41) is 0. The molecule has 0 saturated heterocycles. The smallest absolute Gasteiger partial charge is 0.209 e. The van der Waals surface area contributed by atoms with Crippen LogP contribution in [0, 0.1) is 0 Å². The fraction of sp³-hybridized carbons (Fsp3) is 0.250. The Kier molecular flexibility index (Phi) is 2.65. The van der Waals surface area contributed by atoms with Gasteiger partial charge < -0.3 is 13.9 Å². The highest BCUT2D eigenvalue weighted by Crippen LogP contribution is 2.34. The summed E-state index contributed by atoms with van der Waals surface area (Å²) in [6.45, 7) is 1.16. The Morgan fingerprint density at radius 1 is 1.18 bits per heavy atom. The van der Waals surface area contributed by atoms with Crippen molar-refractivity contribution in [1.82, 2.24) is 4.98 Å². The SMILES string of the molecule is ClCc1ncc(-c2ccc3c(c2)OCCO3)o1. The second kappa shape index (κ2) is 4.30. The van der Waals surface area contributed by atoms with Gasteiger partial charge in [0.15, 0.2) is 17.3 Å². The molecule has 0 atom stereocenters. The van der Waals surface area contributed by atoms with Crippen molar-refractivity contribution in [3.8, 4) is 22.8 Å². The average molecular weight is 252 g/mol. The second-order valence-electron chi connectivity index (χ2n) is 3.61. The van der Waals surface area contributed by atoms with Crippen molar-refractivity contribution in [2.24, 2.45) is 0 Å². The highest BCUT2D eigenvalue weighted by Gasteiger charge is 2.14. The van der Waals surface area contributed by atoms with Crippen molar-refractivity contribution >= 4 is 11.6 Å². The van der Waals surface area contributed by atoms with E-state index in [1.54, 1.807) is 6.20 Å². The van der Waals surface area contributed by atoms with Crippen molar-refractivity contribution in [1.29, 1.82) is 0 Å². The minimum atomic E-state index is 0.268. The van der Waals surface area contributed by atoms with Crippen LogP contribution >= 0.6 is 11.6 Å². The van der Waals surface area contributed by atoms with Crippen LogP contribution in [0.3, 0.4) is 0 Å². The van der Waals surface area contributed by atoms with E-state index in [-0.39, 0.29) is 5.88 Å². The zero-order chi connectivity index (χ0) is 11.7. The van der Waals surface area contributed by atoms with Gasteiger partial charge in [-0.1, -0.05) is 0 Å². The highest BCUT2D eigenvalue weighted by molar-refractivity contribution is 6.16. The Morgan fingerprint density at radius 2 is 2.00 bits per heavy atom. The molecule has 17 heavy (non-hydrogen) atoms. The number of benzene rings is 1. The molecule has 0 radical (unpaired) electrons. The van der Waals surface area contributed by atoms with Crippen molar-refractivity contribution in [3.05, 3.63) is 30.3 Å². The van der Waals surface area contributed by atoms with E-state index in [9.17, 15) is 0 Å². The van der Waals surface area contributed by atoms with E-state index in [1.807, 2.05) is 18.2 Å². The molecule has 0 bridgehead atoms. The van der Waals surface area contributed by atoms with Crippen LogP contribution in [0.1, 0.15) is 5.89 Å². The maximum Gasteiger partial charge on any atom is 0.209 e. The number of aromatic nitrogens is 1. The minimum Gasteiger partial charge on any atom is -0.486 e. The second-order valence-corrected chi connectivity index (χ2v) is 3.88. The summed E-state index contributed by atoms with van der Waals surface area (Å²) in [4.78, 5) is 4.05. The van der Waals surface area contributed by atoms with E-state index < -0.39 is 0 Å². The summed E-state index contributed by atoms with van der Waals surface area (Å²) in [5.74, 6) is 2.95. The fourth-order valence-corrected chi connectivity index (χ4v) is 1.83. The molecule has 2 aromatic rings. The summed E-state index contributed by atoms with van der Waals surface area (Å²) in [5.41, 5.74) is 0.901. The number of ether oxygens (including phenoxy) is 2. The maximum atomic E-state index is 5.64. The molecular weight excluding hydrogens is 242 g/mol. The lowest BCUT2D eigenvalue weighted by Crippen LogP contribution is -2.15. The summed E-state index contributed by atoms with van der Waals surface area (Å²) in [7, 11) is 0. The Hall–Kier alpha value is -1.68. The van der Waals surface area contributed by atoms with Gasteiger partial charge in [-0.05, 0) is 18.2 Å². The van der Waals surface area contributed by atoms with E-state index in [2.05, 4.69) is 4.98 Å². The van der Waals surface area contributed by atoms with Gasteiger partial charge in [0, 0.05) is 5.56 Å². The van der Waals surface area contributed by atoms with Crippen LogP contribution in [-0.2, 0) is 5.88 Å². The number of hydrogen-bond acceptors (Lipinski definition) is 4. The molecule has 88 valence electrons. The summed E-state index contributed by atoms with van der Waals surface area (Å²) >= 11 is 5.64. The van der Waals surface area contributed by atoms with Gasteiger partial charge in [0.05, 0.1) is 12.1 Å². The predicted molar refractivity (Wildman–Crippen MR) is 62.5 cm³/mol. The molecule has 1 aliphatic heterocycles. The number of fused-ring (bicyclic) bond motifs is 1. The lowest BCUT2D eigenvalue weighted by Gasteiger charge is -2.18.